The molecule has 5 heteroatoms. The van der Waals surface area contributed by atoms with Gasteiger partial charge in [0.2, 0.25) is 0 Å². The number of methoxy groups -OCH3 is 2. The van der Waals surface area contributed by atoms with Crippen LogP contribution in [0.5, 0.6) is 0 Å². The molecule has 0 amide bonds. The lowest BCUT2D eigenvalue weighted by Gasteiger charge is -2.38. The largest absolute Gasteiger partial charge is 0.376 e. The minimum absolute atomic E-state index is 0.0128. The molecule has 1 aliphatic heterocycles. The van der Waals surface area contributed by atoms with Crippen LogP contribution in [0.4, 0.5) is 0 Å². The molecule has 0 aromatic rings. The van der Waals surface area contributed by atoms with Gasteiger partial charge in [0, 0.05) is 26.3 Å². The van der Waals surface area contributed by atoms with Crippen LogP contribution in [-0.4, -0.2) is 44.6 Å². The molecule has 1 aliphatic rings. The average molecular weight is 234 g/mol. The highest BCUT2D eigenvalue weighted by molar-refractivity contribution is 7.95. The maximum atomic E-state index is 5.64. The van der Waals surface area contributed by atoms with E-state index >= 15 is 0 Å². The van der Waals surface area contributed by atoms with Gasteiger partial charge in [0.05, 0.1) is 12.7 Å². The summed E-state index contributed by atoms with van der Waals surface area (Å²) < 4.78 is 21.7. The topological polar surface area (TPSA) is 36.9 Å². The molecule has 1 fully saturated rings. The van der Waals surface area contributed by atoms with Gasteiger partial charge in [-0.05, 0) is 6.92 Å². The van der Waals surface area contributed by atoms with Crippen molar-refractivity contribution in [3.05, 3.63) is 12.7 Å². The van der Waals surface area contributed by atoms with E-state index in [0.717, 1.165) is 0 Å². The molecule has 15 heavy (non-hydrogen) atoms. The predicted molar refractivity (Wildman–Crippen MR) is 59.7 cm³/mol. The van der Waals surface area contributed by atoms with Crippen molar-refractivity contribution in [3.8, 4) is 0 Å². The molecule has 0 spiro atoms. The number of hydrogen-bond donors (Lipinski definition) is 0. The van der Waals surface area contributed by atoms with Crippen LogP contribution in [-0.2, 0) is 18.4 Å². The van der Waals surface area contributed by atoms with Gasteiger partial charge in [-0.2, -0.15) is 0 Å². The molecule has 0 aliphatic carbocycles. The third kappa shape index (κ3) is 3.19. The summed E-state index contributed by atoms with van der Waals surface area (Å²) in [5.74, 6) is 0. The molecule has 0 aromatic heterocycles. The van der Waals surface area contributed by atoms with Crippen LogP contribution < -0.4 is 0 Å². The summed E-state index contributed by atoms with van der Waals surface area (Å²) in [7, 11) is 3.28. The molecule has 4 nitrogen and oxygen atoms in total. The fraction of sp³-hybridized carbons (Fsp3) is 0.800. The molecule has 0 unspecified atom stereocenters. The van der Waals surface area contributed by atoms with Crippen LogP contribution in [0.2, 0.25) is 0 Å². The van der Waals surface area contributed by atoms with Gasteiger partial charge >= 0.3 is 0 Å². The zero-order valence-corrected chi connectivity index (χ0v) is 10.2. The summed E-state index contributed by atoms with van der Waals surface area (Å²) in [4.78, 5) is 0. The van der Waals surface area contributed by atoms with E-state index in [1.807, 2.05) is 6.92 Å². The summed E-state index contributed by atoms with van der Waals surface area (Å²) in [5.41, 5.74) is -0.161. The molecule has 0 aromatic carbocycles. The van der Waals surface area contributed by atoms with Gasteiger partial charge in [0.25, 0.3) is 0 Å². The smallest absolute Gasteiger partial charge is 0.157 e. The Kier molecular flexibility index (Phi) is 5.63. The van der Waals surface area contributed by atoms with Crippen LogP contribution >= 0.6 is 12.0 Å². The minimum atomic E-state index is -0.161. The quantitative estimate of drug-likeness (QED) is 0.533. The highest BCUT2D eigenvalue weighted by Gasteiger charge is 2.40. The lowest BCUT2D eigenvalue weighted by molar-refractivity contribution is -0.132. The lowest BCUT2D eigenvalue weighted by Crippen LogP contribution is -2.50. The Labute approximate surface area is 95.1 Å². The van der Waals surface area contributed by atoms with Gasteiger partial charge < -0.3 is 18.4 Å². The Bertz CT molecular complexity index is 200. The standard InChI is InChI=1S/C10H18O4S/c1-5-6-13-9-8(11-3)7(2)14-15-10(9)12-4/h5,7-10H,1,6H2,2-4H3/t7-,8-,9+,10-/m0/s1. The first-order chi connectivity index (χ1) is 7.24. The minimum Gasteiger partial charge on any atom is -0.376 e. The number of rotatable bonds is 5. The van der Waals surface area contributed by atoms with Crippen LogP contribution in [0.25, 0.3) is 0 Å². The van der Waals surface area contributed by atoms with Gasteiger partial charge in [-0.1, -0.05) is 6.08 Å². The molecular formula is C10H18O4S. The van der Waals surface area contributed by atoms with Gasteiger partial charge in [0.15, 0.2) is 5.44 Å². The van der Waals surface area contributed by atoms with E-state index in [1.165, 1.54) is 12.0 Å². The van der Waals surface area contributed by atoms with Crippen LogP contribution in [0.3, 0.4) is 0 Å². The second kappa shape index (κ2) is 6.50. The summed E-state index contributed by atoms with van der Waals surface area (Å²) in [6.07, 6.45) is 1.45. The van der Waals surface area contributed by atoms with Crippen molar-refractivity contribution in [2.45, 2.75) is 30.7 Å². The van der Waals surface area contributed by atoms with Gasteiger partial charge in [-0.15, -0.1) is 6.58 Å². The Morgan fingerprint density at radius 3 is 2.60 bits per heavy atom. The molecule has 88 valence electrons. The van der Waals surface area contributed by atoms with Gasteiger partial charge in [-0.25, -0.2) is 0 Å². The fourth-order valence-corrected chi connectivity index (χ4v) is 2.34. The molecule has 1 heterocycles. The van der Waals surface area contributed by atoms with Crippen LogP contribution in [0.15, 0.2) is 12.7 Å². The highest BCUT2D eigenvalue weighted by atomic mass is 32.2. The Balaban J connectivity index is 2.64. The summed E-state index contributed by atoms with van der Waals surface area (Å²) in [6.45, 7) is 6.06. The monoisotopic (exact) mass is 234 g/mol. The average Bonchev–Trinajstić information content (AvgIpc) is 2.26. The van der Waals surface area contributed by atoms with Gasteiger partial charge in [0.1, 0.15) is 12.2 Å². The summed E-state index contributed by atoms with van der Waals surface area (Å²) >= 11 is 1.29. The second-order valence-electron chi connectivity index (χ2n) is 3.29. The molecule has 1 saturated heterocycles. The van der Waals surface area contributed by atoms with Crippen molar-refractivity contribution in [1.82, 2.24) is 0 Å². The first-order valence-corrected chi connectivity index (χ1v) is 5.65. The van der Waals surface area contributed by atoms with Crippen molar-refractivity contribution in [2.75, 3.05) is 20.8 Å². The van der Waals surface area contributed by atoms with E-state index in [-0.39, 0.29) is 23.7 Å². The SMILES string of the molecule is C=CCO[C@@H]1[C@@H](OC)[C@H](C)OS[C@@H]1OC. The fourth-order valence-electron chi connectivity index (χ4n) is 1.53. The molecule has 0 saturated carbocycles. The number of hydrogen-bond acceptors (Lipinski definition) is 5. The molecule has 0 bridgehead atoms. The Morgan fingerprint density at radius 2 is 2.07 bits per heavy atom. The summed E-state index contributed by atoms with van der Waals surface area (Å²) in [5, 5.41) is 0. The molecular weight excluding hydrogens is 216 g/mol. The van der Waals surface area contributed by atoms with E-state index in [1.54, 1.807) is 20.3 Å². The third-order valence-corrected chi connectivity index (χ3v) is 3.33. The first kappa shape index (κ1) is 13.0. The molecule has 4 atom stereocenters. The third-order valence-electron chi connectivity index (χ3n) is 2.27. The van der Waals surface area contributed by atoms with Crippen molar-refractivity contribution in [1.29, 1.82) is 0 Å². The van der Waals surface area contributed by atoms with Crippen LogP contribution in [0, 0.1) is 0 Å². The Hall–Kier alpha value is -0.0700. The zero-order valence-electron chi connectivity index (χ0n) is 9.34. The van der Waals surface area contributed by atoms with E-state index in [0.29, 0.717) is 6.61 Å². The second-order valence-corrected chi connectivity index (χ2v) is 4.14. The summed E-state index contributed by atoms with van der Waals surface area (Å²) in [6, 6.07) is 0. The highest BCUT2D eigenvalue weighted by Crippen LogP contribution is 2.32. The van der Waals surface area contributed by atoms with Gasteiger partial charge in [-0.3, -0.25) is 0 Å². The van der Waals surface area contributed by atoms with Crippen molar-refractivity contribution >= 4 is 12.0 Å². The maximum absolute atomic E-state index is 5.64. The van der Waals surface area contributed by atoms with E-state index in [9.17, 15) is 0 Å². The van der Waals surface area contributed by atoms with E-state index < -0.39 is 0 Å². The maximum Gasteiger partial charge on any atom is 0.157 e. The molecule has 0 radical (unpaired) electrons. The van der Waals surface area contributed by atoms with Crippen molar-refractivity contribution < 1.29 is 18.4 Å². The molecule has 0 N–H and O–H groups in total. The van der Waals surface area contributed by atoms with E-state index in [2.05, 4.69) is 6.58 Å². The lowest BCUT2D eigenvalue weighted by atomic mass is 10.1. The van der Waals surface area contributed by atoms with E-state index in [4.69, 9.17) is 18.4 Å². The normalized spacial score (nSPS) is 36.5. The van der Waals surface area contributed by atoms with Crippen LogP contribution in [0.1, 0.15) is 6.92 Å². The van der Waals surface area contributed by atoms with Crippen molar-refractivity contribution in [2.24, 2.45) is 0 Å². The zero-order chi connectivity index (χ0) is 11.3. The number of ether oxygens (including phenoxy) is 3. The van der Waals surface area contributed by atoms with Crippen molar-refractivity contribution in [3.63, 3.8) is 0 Å². The Morgan fingerprint density at radius 1 is 1.33 bits per heavy atom. The predicted octanol–water partition coefficient (Wildman–Crippen LogP) is 1.61. The first-order valence-electron chi connectivity index (χ1n) is 4.84. The molecule has 1 rings (SSSR count).